The van der Waals surface area contributed by atoms with E-state index in [0.29, 0.717) is 0 Å². The van der Waals surface area contributed by atoms with E-state index in [1.807, 2.05) is 0 Å². The number of rotatable bonds is 1. The molecule has 1 heterocycles. The molecule has 0 saturated carbocycles. The largest absolute Gasteiger partial charge is 0.324 e. The Morgan fingerprint density at radius 1 is 1.24 bits per heavy atom. The molecule has 2 heteroatoms. The van der Waals surface area contributed by atoms with E-state index in [4.69, 9.17) is 5.73 Å². The molecule has 2 nitrogen and oxygen atoms in total. The monoisotopic (exact) mass is 226 g/mol. The molecule has 0 fully saturated rings. The Hall–Kier alpha value is -1.54. The van der Waals surface area contributed by atoms with E-state index in [1.165, 1.54) is 28.9 Å². The second-order valence-corrected chi connectivity index (χ2v) is 4.87. The lowest BCUT2D eigenvalue weighted by molar-refractivity contribution is 0.560. The first-order valence-corrected chi connectivity index (χ1v) is 6.29. The van der Waals surface area contributed by atoms with Crippen molar-refractivity contribution < 1.29 is 0 Å². The fourth-order valence-corrected chi connectivity index (χ4v) is 2.79. The number of nitrogens with zero attached hydrogens (tertiary/aromatic N) is 1. The molecule has 17 heavy (non-hydrogen) atoms. The van der Waals surface area contributed by atoms with Crippen molar-refractivity contribution in [2.24, 2.45) is 5.73 Å². The van der Waals surface area contributed by atoms with Crippen molar-refractivity contribution in [3.63, 3.8) is 0 Å². The third kappa shape index (κ3) is 1.69. The van der Waals surface area contributed by atoms with Crippen molar-refractivity contribution in [1.82, 2.24) is 4.57 Å². The van der Waals surface area contributed by atoms with E-state index in [0.717, 1.165) is 12.8 Å². The molecule has 0 aliphatic heterocycles. The second-order valence-electron chi connectivity index (χ2n) is 4.87. The van der Waals surface area contributed by atoms with Gasteiger partial charge in [0, 0.05) is 23.6 Å². The normalized spacial score (nSPS) is 19.1. The summed E-state index contributed by atoms with van der Waals surface area (Å²) in [5, 5.41) is 0. The first kappa shape index (κ1) is 10.6. The third-order valence-corrected chi connectivity index (χ3v) is 3.73. The van der Waals surface area contributed by atoms with Crippen molar-refractivity contribution in [2.75, 3.05) is 0 Å². The van der Waals surface area contributed by atoms with Gasteiger partial charge >= 0.3 is 0 Å². The molecule has 1 aromatic heterocycles. The highest BCUT2D eigenvalue weighted by atomic mass is 15.0. The van der Waals surface area contributed by atoms with Crippen LogP contribution in [0, 0.1) is 6.92 Å². The molecule has 2 N–H and O–H groups in total. The van der Waals surface area contributed by atoms with Gasteiger partial charge in [-0.25, -0.2) is 0 Å². The zero-order valence-electron chi connectivity index (χ0n) is 10.2. The van der Waals surface area contributed by atoms with Crippen LogP contribution in [0.2, 0.25) is 0 Å². The minimum atomic E-state index is 0.226. The summed E-state index contributed by atoms with van der Waals surface area (Å²) in [6, 6.07) is 10.9. The molecule has 0 amide bonds. The molecule has 3 rings (SSSR count). The fraction of sp³-hybridized carbons (Fsp3) is 0.333. The Morgan fingerprint density at radius 3 is 2.88 bits per heavy atom. The fourth-order valence-electron chi connectivity index (χ4n) is 2.79. The van der Waals surface area contributed by atoms with Crippen molar-refractivity contribution >= 4 is 0 Å². The van der Waals surface area contributed by atoms with Crippen molar-refractivity contribution in [2.45, 2.75) is 32.2 Å². The first-order valence-electron chi connectivity index (χ1n) is 6.29. The maximum absolute atomic E-state index is 6.16. The molecule has 1 unspecified atom stereocenters. The van der Waals surface area contributed by atoms with Crippen LogP contribution in [-0.2, 0) is 6.42 Å². The van der Waals surface area contributed by atoms with Gasteiger partial charge in [-0.05, 0) is 49.4 Å². The first-order chi connectivity index (χ1) is 8.27. The molecule has 1 aromatic carbocycles. The molecule has 1 atom stereocenters. The summed E-state index contributed by atoms with van der Waals surface area (Å²) in [4.78, 5) is 0. The van der Waals surface area contributed by atoms with Gasteiger partial charge in [0.1, 0.15) is 0 Å². The zero-order chi connectivity index (χ0) is 11.8. The van der Waals surface area contributed by atoms with Gasteiger partial charge in [0.25, 0.3) is 0 Å². The van der Waals surface area contributed by atoms with Gasteiger partial charge in [0.15, 0.2) is 0 Å². The number of aryl methyl sites for hydroxylation is 1. The average molecular weight is 226 g/mol. The van der Waals surface area contributed by atoms with Crippen molar-refractivity contribution in [3.8, 4) is 5.69 Å². The van der Waals surface area contributed by atoms with Gasteiger partial charge < -0.3 is 10.3 Å². The maximum atomic E-state index is 6.16. The van der Waals surface area contributed by atoms with Gasteiger partial charge in [-0.15, -0.1) is 0 Å². The van der Waals surface area contributed by atoms with Crippen LogP contribution in [0.1, 0.15) is 35.7 Å². The lowest BCUT2D eigenvalue weighted by atomic mass is 9.93. The SMILES string of the molecule is Cc1ccccc1-n1ccc2c1CCCC2N. The number of benzene rings is 1. The summed E-state index contributed by atoms with van der Waals surface area (Å²) in [5.41, 5.74) is 11.5. The van der Waals surface area contributed by atoms with Gasteiger partial charge in [0.05, 0.1) is 0 Å². The molecule has 0 bridgehead atoms. The van der Waals surface area contributed by atoms with Crippen LogP contribution in [0.5, 0.6) is 0 Å². The van der Waals surface area contributed by atoms with E-state index in [9.17, 15) is 0 Å². The highest BCUT2D eigenvalue weighted by molar-refractivity contribution is 5.45. The zero-order valence-corrected chi connectivity index (χ0v) is 10.2. The molecule has 1 aliphatic carbocycles. The van der Waals surface area contributed by atoms with Gasteiger partial charge in [-0.2, -0.15) is 0 Å². The summed E-state index contributed by atoms with van der Waals surface area (Å²) in [6.07, 6.45) is 5.62. The number of hydrogen-bond acceptors (Lipinski definition) is 1. The minimum Gasteiger partial charge on any atom is -0.324 e. The van der Waals surface area contributed by atoms with E-state index >= 15 is 0 Å². The van der Waals surface area contributed by atoms with Crippen LogP contribution in [0.25, 0.3) is 5.69 Å². The smallest absolute Gasteiger partial charge is 0.0481 e. The number of para-hydroxylation sites is 1. The van der Waals surface area contributed by atoms with Gasteiger partial charge in [0.2, 0.25) is 0 Å². The Balaban J connectivity index is 2.14. The molecule has 2 aromatic rings. The summed E-state index contributed by atoms with van der Waals surface area (Å²) in [7, 11) is 0. The van der Waals surface area contributed by atoms with E-state index < -0.39 is 0 Å². The third-order valence-electron chi connectivity index (χ3n) is 3.73. The molecular weight excluding hydrogens is 208 g/mol. The lowest BCUT2D eigenvalue weighted by Crippen LogP contribution is -2.18. The molecule has 0 spiro atoms. The molecule has 1 aliphatic rings. The van der Waals surface area contributed by atoms with Crippen LogP contribution >= 0.6 is 0 Å². The van der Waals surface area contributed by atoms with Crippen molar-refractivity contribution in [1.29, 1.82) is 0 Å². The van der Waals surface area contributed by atoms with Crippen LogP contribution in [0.4, 0.5) is 0 Å². The number of fused-ring (bicyclic) bond motifs is 1. The number of aromatic nitrogens is 1. The summed E-state index contributed by atoms with van der Waals surface area (Å²) in [6.45, 7) is 2.16. The lowest BCUT2D eigenvalue weighted by Gasteiger charge is -2.21. The summed E-state index contributed by atoms with van der Waals surface area (Å²) >= 11 is 0. The quantitative estimate of drug-likeness (QED) is 0.795. The number of hydrogen-bond donors (Lipinski definition) is 1. The Labute approximate surface area is 102 Å². The predicted octanol–water partition coefficient (Wildman–Crippen LogP) is 3.12. The maximum Gasteiger partial charge on any atom is 0.0481 e. The molecule has 88 valence electrons. The average Bonchev–Trinajstić information content (AvgIpc) is 2.75. The van der Waals surface area contributed by atoms with Gasteiger partial charge in [-0.3, -0.25) is 0 Å². The topological polar surface area (TPSA) is 30.9 Å². The van der Waals surface area contributed by atoms with E-state index in [1.54, 1.807) is 0 Å². The van der Waals surface area contributed by atoms with Crippen molar-refractivity contribution in [3.05, 3.63) is 53.3 Å². The Bertz CT molecular complexity index is 540. The Kier molecular flexibility index (Phi) is 2.52. The minimum absolute atomic E-state index is 0.226. The van der Waals surface area contributed by atoms with E-state index in [2.05, 4.69) is 48.0 Å². The standard InChI is InChI=1S/C15H18N2/c1-11-5-2-3-7-14(11)17-10-9-12-13(16)6-4-8-15(12)17/h2-3,5,7,9-10,13H,4,6,8,16H2,1H3. The highest BCUT2D eigenvalue weighted by Crippen LogP contribution is 2.31. The number of nitrogens with two attached hydrogens (primary N) is 1. The Morgan fingerprint density at radius 2 is 2.06 bits per heavy atom. The molecule has 0 saturated heterocycles. The van der Waals surface area contributed by atoms with Crippen LogP contribution < -0.4 is 5.73 Å². The highest BCUT2D eigenvalue weighted by Gasteiger charge is 2.20. The van der Waals surface area contributed by atoms with Crippen LogP contribution in [0.3, 0.4) is 0 Å². The summed E-state index contributed by atoms with van der Waals surface area (Å²) in [5.74, 6) is 0. The molecular formula is C15H18N2. The van der Waals surface area contributed by atoms with Gasteiger partial charge in [-0.1, -0.05) is 18.2 Å². The van der Waals surface area contributed by atoms with Crippen LogP contribution in [-0.4, -0.2) is 4.57 Å². The predicted molar refractivity (Wildman–Crippen MR) is 70.4 cm³/mol. The van der Waals surface area contributed by atoms with E-state index in [-0.39, 0.29) is 6.04 Å². The summed E-state index contributed by atoms with van der Waals surface area (Å²) < 4.78 is 2.31. The molecule has 0 radical (unpaired) electrons. The van der Waals surface area contributed by atoms with Crippen LogP contribution in [0.15, 0.2) is 36.5 Å². The second kappa shape index (κ2) is 4.04.